The number of nitrogens with zero attached hydrogens (tertiary/aromatic N) is 2. The Labute approximate surface area is 193 Å². The van der Waals surface area contributed by atoms with Crippen LogP contribution in [0.25, 0.3) is 0 Å². The van der Waals surface area contributed by atoms with Crippen LogP contribution < -0.4 is 0 Å². The molecular formula is C21H48N2O6Si2. The van der Waals surface area contributed by atoms with Gasteiger partial charge in [0.15, 0.2) is 0 Å². The van der Waals surface area contributed by atoms with Crippen molar-refractivity contribution in [1.29, 1.82) is 0 Å². The Hall–Kier alpha value is -0.466. The molecule has 0 atom stereocenters. The van der Waals surface area contributed by atoms with Gasteiger partial charge in [0, 0.05) is 72.0 Å². The fourth-order valence-electron chi connectivity index (χ4n) is 2.75. The number of rotatable bonds is 18. The first-order valence-corrected chi connectivity index (χ1v) is 15.3. The zero-order valence-corrected chi connectivity index (χ0v) is 23.5. The third-order valence-electron chi connectivity index (χ3n) is 4.51. The van der Waals surface area contributed by atoms with Crippen LogP contribution in [0.1, 0.15) is 60.8 Å². The van der Waals surface area contributed by atoms with E-state index in [1.165, 1.54) is 5.71 Å². The monoisotopic (exact) mass is 480 g/mol. The molecule has 0 bridgehead atoms. The van der Waals surface area contributed by atoms with Crippen molar-refractivity contribution in [1.82, 2.24) is 0 Å². The third-order valence-corrected chi connectivity index (χ3v) is 10.5. The first-order valence-electron chi connectivity index (χ1n) is 11.4. The molecule has 0 amide bonds. The van der Waals surface area contributed by atoms with E-state index in [1.807, 2.05) is 40.8 Å². The van der Waals surface area contributed by atoms with E-state index >= 15 is 0 Å². The van der Waals surface area contributed by atoms with Gasteiger partial charge >= 0.3 is 17.6 Å². The molecule has 0 saturated heterocycles. The van der Waals surface area contributed by atoms with Gasteiger partial charge in [-0.25, -0.2) is 0 Å². The Bertz CT molecular complexity index is 438. The van der Waals surface area contributed by atoms with Crippen molar-refractivity contribution >= 4 is 29.5 Å². The van der Waals surface area contributed by atoms with E-state index in [1.54, 1.807) is 21.3 Å². The summed E-state index contributed by atoms with van der Waals surface area (Å²) >= 11 is 0. The molecule has 0 aromatic carbocycles. The summed E-state index contributed by atoms with van der Waals surface area (Å²) in [6.07, 6.45) is 4.74. The molecule has 0 fully saturated rings. The van der Waals surface area contributed by atoms with Crippen molar-refractivity contribution in [2.75, 3.05) is 54.2 Å². The predicted molar refractivity (Wildman–Crippen MR) is 134 cm³/mol. The molecule has 0 aromatic heterocycles. The van der Waals surface area contributed by atoms with Gasteiger partial charge in [-0.2, -0.15) is 0 Å². The number of aliphatic imine (C=N–C) groups is 2. The summed E-state index contributed by atoms with van der Waals surface area (Å²) in [5.74, 6) is 0. The van der Waals surface area contributed by atoms with Gasteiger partial charge in [-0.1, -0.05) is 6.92 Å². The highest BCUT2D eigenvalue weighted by atomic mass is 28.4. The summed E-state index contributed by atoms with van der Waals surface area (Å²) in [4.78, 5) is 8.61. The van der Waals surface area contributed by atoms with Gasteiger partial charge in [-0.15, -0.1) is 0 Å². The minimum atomic E-state index is -2.42. The second kappa shape index (κ2) is 21.4. The van der Waals surface area contributed by atoms with Gasteiger partial charge in [0.25, 0.3) is 0 Å². The molecule has 10 heteroatoms. The van der Waals surface area contributed by atoms with Crippen LogP contribution in [-0.4, -0.2) is 83.8 Å². The summed E-state index contributed by atoms with van der Waals surface area (Å²) in [7, 11) is 0.128. The maximum atomic E-state index is 5.73. The fraction of sp³-hybridized carbons (Fsp3) is 0.905. The van der Waals surface area contributed by atoms with Crippen LogP contribution in [0, 0.1) is 0 Å². The van der Waals surface area contributed by atoms with Crippen LogP contribution in [-0.2, 0) is 26.6 Å². The first kappa shape index (κ1) is 32.7. The van der Waals surface area contributed by atoms with Crippen molar-refractivity contribution in [3.8, 4) is 0 Å². The molecule has 0 saturated carbocycles. The molecule has 0 aromatic rings. The van der Waals surface area contributed by atoms with Crippen LogP contribution in [0.4, 0.5) is 0 Å². The molecule has 0 N–H and O–H groups in total. The SMILES string of the molecule is C/C=N\CCC[Si](OCC)(OCC)OCC.CC/C(C)=N\CCC[Si](OC)(OC)OC. The van der Waals surface area contributed by atoms with Crippen molar-refractivity contribution in [3.63, 3.8) is 0 Å². The molecule has 0 aliphatic heterocycles. The molecule has 31 heavy (non-hydrogen) atoms. The molecular weight excluding hydrogens is 432 g/mol. The molecule has 8 nitrogen and oxygen atoms in total. The summed E-state index contributed by atoms with van der Waals surface area (Å²) in [6, 6.07) is 1.66. The van der Waals surface area contributed by atoms with Crippen LogP contribution in [0.2, 0.25) is 12.1 Å². The standard InChI is InChI=1S/C11H25NO3Si.C10H23NO3Si/c1-5-12-10-9-11-16(13-6-2,14-7-3)15-8-4;1-6-10(2)11-8-7-9-15(12-3,13-4)14-5/h5H,6-11H2,1-4H3;6-9H2,1-5H3/b12-5-;11-10-. The first-order chi connectivity index (χ1) is 14.9. The van der Waals surface area contributed by atoms with Crippen molar-refractivity contribution < 1.29 is 26.6 Å². The summed E-state index contributed by atoms with van der Waals surface area (Å²) in [5.41, 5.74) is 1.19. The van der Waals surface area contributed by atoms with Gasteiger partial charge < -0.3 is 26.6 Å². The van der Waals surface area contributed by atoms with Gasteiger partial charge in [0.2, 0.25) is 0 Å². The van der Waals surface area contributed by atoms with E-state index in [0.29, 0.717) is 19.8 Å². The summed E-state index contributed by atoms with van der Waals surface area (Å²) < 4.78 is 33.1. The van der Waals surface area contributed by atoms with Crippen molar-refractivity contribution in [2.45, 2.75) is 72.9 Å². The second-order valence-corrected chi connectivity index (χ2v) is 12.4. The van der Waals surface area contributed by atoms with Crippen molar-refractivity contribution in [2.24, 2.45) is 9.98 Å². The van der Waals surface area contributed by atoms with Crippen LogP contribution >= 0.6 is 0 Å². The molecule has 0 unspecified atom stereocenters. The minimum absolute atomic E-state index is 0.642. The lowest BCUT2D eigenvalue weighted by atomic mass is 10.3. The van der Waals surface area contributed by atoms with Crippen molar-refractivity contribution in [3.05, 3.63) is 0 Å². The van der Waals surface area contributed by atoms with E-state index in [4.69, 9.17) is 26.6 Å². The Balaban J connectivity index is 0. The quantitative estimate of drug-likeness (QED) is 0.161. The molecule has 0 rings (SSSR count). The van der Waals surface area contributed by atoms with E-state index < -0.39 is 17.6 Å². The number of hydrogen-bond donors (Lipinski definition) is 0. The Morgan fingerprint density at radius 3 is 1.58 bits per heavy atom. The largest absolute Gasteiger partial charge is 0.500 e. The predicted octanol–water partition coefficient (Wildman–Crippen LogP) is 4.64. The fourth-order valence-corrected chi connectivity index (χ4v) is 7.05. The lowest BCUT2D eigenvalue weighted by molar-refractivity contribution is 0.0710. The maximum Gasteiger partial charge on any atom is 0.500 e. The topological polar surface area (TPSA) is 80.1 Å². The van der Waals surface area contributed by atoms with Gasteiger partial charge in [-0.3, -0.25) is 9.98 Å². The highest BCUT2D eigenvalue weighted by Crippen LogP contribution is 2.18. The molecule has 0 aliphatic rings. The molecule has 0 heterocycles. The Morgan fingerprint density at radius 2 is 1.19 bits per heavy atom. The summed E-state index contributed by atoms with van der Waals surface area (Å²) in [5, 5.41) is 0. The van der Waals surface area contributed by atoms with Gasteiger partial charge in [0.05, 0.1) is 0 Å². The lowest BCUT2D eigenvalue weighted by Gasteiger charge is -2.28. The third kappa shape index (κ3) is 15.9. The highest BCUT2D eigenvalue weighted by Gasteiger charge is 2.39. The van der Waals surface area contributed by atoms with Crippen LogP contribution in [0.3, 0.4) is 0 Å². The average Bonchev–Trinajstić information content (AvgIpc) is 2.78. The zero-order chi connectivity index (χ0) is 24.0. The van der Waals surface area contributed by atoms with Crippen LogP contribution in [0.15, 0.2) is 9.98 Å². The van der Waals surface area contributed by atoms with E-state index in [-0.39, 0.29) is 0 Å². The molecule has 0 aliphatic carbocycles. The number of hydrogen-bond acceptors (Lipinski definition) is 8. The highest BCUT2D eigenvalue weighted by molar-refractivity contribution is 6.61. The molecule has 186 valence electrons. The van der Waals surface area contributed by atoms with Gasteiger partial charge in [-0.05, 0) is 60.1 Å². The maximum absolute atomic E-state index is 5.73. The average molecular weight is 481 g/mol. The molecule has 0 spiro atoms. The zero-order valence-electron chi connectivity index (χ0n) is 21.5. The lowest BCUT2D eigenvalue weighted by Crippen LogP contribution is -2.46. The van der Waals surface area contributed by atoms with E-state index in [2.05, 4.69) is 16.9 Å². The van der Waals surface area contributed by atoms with E-state index in [9.17, 15) is 0 Å². The normalized spacial score (nSPS) is 12.9. The minimum Gasteiger partial charge on any atom is -0.377 e. The van der Waals surface area contributed by atoms with E-state index in [0.717, 1.165) is 44.4 Å². The Kier molecular flexibility index (Phi) is 22.6. The smallest absolute Gasteiger partial charge is 0.377 e. The van der Waals surface area contributed by atoms with Gasteiger partial charge in [0.1, 0.15) is 0 Å². The molecule has 0 radical (unpaired) electrons. The second-order valence-electron chi connectivity index (χ2n) is 6.62. The Morgan fingerprint density at radius 1 is 0.742 bits per heavy atom. The summed E-state index contributed by atoms with van der Waals surface area (Å²) in [6.45, 7) is 15.6. The van der Waals surface area contributed by atoms with Crippen LogP contribution in [0.5, 0.6) is 0 Å².